The summed E-state index contributed by atoms with van der Waals surface area (Å²) in [7, 11) is 0. The van der Waals surface area contributed by atoms with Crippen LogP contribution in [0.1, 0.15) is 25.0 Å². The molecule has 0 atom stereocenters. The molecule has 53 heavy (non-hydrogen) atoms. The van der Waals surface area contributed by atoms with Crippen LogP contribution in [0, 0.1) is 0 Å². The molecule has 1 aromatic heterocycles. The van der Waals surface area contributed by atoms with Gasteiger partial charge < -0.3 is 0 Å². The summed E-state index contributed by atoms with van der Waals surface area (Å²) < 4.78 is 0. The van der Waals surface area contributed by atoms with E-state index >= 15 is 0 Å². The van der Waals surface area contributed by atoms with Gasteiger partial charge in [0.2, 0.25) is 0 Å². The molecule has 0 fully saturated rings. The Kier molecular flexibility index (Phi) is 7.16. The van der Waals surface area contributed by atoms with E-state index in [0.717, 1.165) is 33.2 Å². The normalized spacial score (nSPS) is 12.9. The lowest BCUT2D eigenvalue weighted by molar-refractivity contribution is 0.666. The van der Waals surface area contributed by atoms with Crippen molar-refractivity contribution in [2.45, 2.75) is 19.3 Å². The number of aromatic nitrogens is 3. The Morgan fingerprint density at radius 3 is 1.74 bits per heavy atom. The summed E-state index contributed by atoms with van der Waals surface area (Å²) in [6.07, 6.45) is 0. The van der Waals surface area contributed by atoms with E-state index in [9.17, 15) is 0 Å². The second-order valence-corrected chi connectivity index (χ2v) is 14.4. The molecule has 0 saturated carbocycles. The van der Waals surface area contributed by atoms with Crippen molar-refractivity contribution < 1.29 is 0 Å². The monoisotopic (exact) mass is 677 g/mol. The van der Waals surface area contributed by atoms with Gasteiger partial charge in [-0.15, -0.1) is 0 Å². The van der Waals surface area contributed by atoms with Crippen LogP contribution in [0.4, 0.5) is 0 Å². The molecule has 0 bridgehead atoms. The summed E-state index contributed by atoms with van der Waals surface area (Å²) >= 11 is 0. The lowest BCUT2D eigenvalue weighted by Gasteiger charge is -2.24. The molecule has 0 radical (unpaired) electrons. The summed E-state index contributed by atoms with van der Waals surface area (Å²) in [5.74, 6) is 1.94. The fraction of sp³-hybridized carbons (Fsp3) is 0.0600. The van der Waals surface area contributed by atoms with Crippen molar-refractivity contribution in [3.05, 3.63) is 187 Å². The lowest BCUT2D eigenvalue weighted by atomic mass is 9.79. The summed E-state index contributed by atoms with van der Waals surface area (Å²) in [5, 5.41) is 4.91. The SMILES string of the molecule is CC1(C)c2ccccc2-c2ccc3c(-c4ccccc4-c4cccc(-c5nc(-c6ccccc6)nc(-c6ccc7ccccc7c6)n5)c4)cccc3c21. The summed E-state index contributed by atoms with van der Waals surface area (Å²) in [4.78, 5) is 15.2. The number of benzene rings is 8. The highest BCUT2D eigenvalue weighted by Gasteiger charge is 2.36. The van der Waals surface area contributed by atoms with Crippen LogP contribution in [0.5, 0.6) is 0 Å². The molecular formula is C50H35N3. The minimum atomic E-state index is -0.0905. The first-order valence-electron chi connectivity index (χ1n) is 18.2. The third-order valence-electron chi connectivity index (χ3n) is 10.9. The minimum Gasteiger partial charge on any atom is -0.208 e. The van der Waals surface area contributed by atoms with Gasteiger partial charge in [0.25, 0.3) is 0 Å². The smallest absolute Gasteiger partial charge is 0.164 e. The number of hydrogen-bond acceptors (Lipinski definition) is 3. The molecule has 250 valence electrons. The van der Waals surface area contributed by atoms with Gasteiger partial charge >= 0.3 is 0 Å². The zero-order chi connectivity index (χ0) is 35.5. The number of rotatable bonds is 5. The van der Waals surface area contributed by atoms with Crippen molar-refractivity contribution in [1.82, 2.24) is 15.0 Å². The first-order chi connectivity index (χ1) is 26.0. The summed E-state index contributed by atoms with van der Waals surface area (Å²) in [5.41, 5.74) is 12.9. The molecule has 0 aliphatic heterocycles. The zero-order valence-electron chi connectivity index (χ0n) is 29.6. The molecular weight excluding hydrogens is 643 g/mol. The van der Waals surface area contributed by atoms with Crippen LogP contribution < -0.4 is 0 Å². The van der Waals surface area contributed by atoms with E-state index in [1.165, 1.54) is 49.5 Å². The first-order valence-corrected chi connectivity index (χ1v) is 18.2. The third-order valence-corrected chi connectivity index (χ3v) is 10.9. The van der Waals surface area contributed by atoms with Gasteiger partial charge in [0.15, 0.2) is 17.5 Å². The van der Waals surface area contributed by atoms with Crippen LogP contribution in [-0.4, -0.2) is 15.0 Å². The summed E-state index contributed by atoms with van der Waals surface area (Å²) in [6.45, 7) is 4.72. The van der Waals surface area contributed by atoms with Crippen LogP contribution >= 0.6 is 0 Å². The molecule has 0 unspecified atom stereocenters. The molecule has 3 heteroatoms. The quantitative estimate of drug-likeness (QED) is 0.182. The maximum atomic E-state index is 5.10. The Labute approximate surface area is 309 Å². The van der Waals surface area contributed by atoms with Gasteiger partial charge in [-0.25, -0.2) is 15.0 Å². The van der Waals surface area contributed by atoms with Crippen LogP contribution in [0.2, 0.25) is 0 Å². The molecule has 1 heterocycles. The van der Waals surface area contributed by atoms with Gasteiger partial charge in [0.1, 0.15) is 0 Å². The van der Waals surface area contributed by atoms with Gasteiger partial charge in [0, 0.05) is 22.1 Å². The van der Waals surface area contributed by atoms with Crippen molar-refractivity contribution in [1.29, 1.82) is 0 Å². The van der Waals surface area contributed by atoms with Crippen LogP contribution in [0.25, 0.3) is 89.1 Å². The van der Waals surface area contributed by atoms with Gasteiger partial charge in [0.05, 0.1) is 0 Å². The number of nitrogens with zero attached hydrogens (tertiary/aromatic N) is 3. The Balaban J connectivity index is 1.11. The van der Waals surface area contributed by atoms with E-state index in [-0.39, 0.29) is 5.41 Å². The van der Waals surface area contributed by atoms with E-state index < -0.39 is 0 Å². The predicted molar refractivity (Wildman–Crippen MR) is 220 cm³/mol. The molecule has 1 aliphatic rings. The Morgan fingerprint density at radius 2 is 0.925 bits per heavy atom. The van der Waals surface area contributed by atoms with Gasteiger partial charge in [-0.05, 0) is 78.2 Å². The molecule has 10 rings (SSSR count). The van der Waals surface area contributed by atoms with Crippen LogP contribution in [-0.2, 0) is 5.41 Å². The fourth-order valence-corrected chi connectivity index (χ4v) is 8.36. The lowest BCUT2D eigenvalue weighted by Crippen LogP contribution is -2.15. The van der Waals surface area contributed by atoms with Crippen LogP contribution in [0.15, 0.2) is 176 Å². The van der Waals surface area contributed by atoms with E-state index in [0.29, 0.717) is 17.5 Å². The minimum absolute atomic E-state index is 0.0905. The predicted octanol–water partition coefficient (Wildman–Crippen LogP) is 12.8. The van der Waals surface area contributed by atoms with Crippen molar-refractivity contribution >= 4 is 21.5 Å². The molecule has 1 aliphatic carbocycles. The Bertz CT molecular complexity index is 2870. The van der Waals surface area contributed by atoms with Crippen molar-refractivity contribution in [2.75, 3.05) is 0 Å². The van der Waals surface area contributed by atoms with E-state index in [4.69, 9.17) is 15.0 Å². The van der Waals surface area contributed by atoms with E-state index in [1.807, 2.05) is 18.2 Å². The molecule has 0 amide bonds. The fourth-order valence-electron chi connectivity index (χ4n) is 8.36. The number of hydrogen-bond donors (Lipinski definition) is 0. The number of fused-ring (bicyclic) bond motifs is 6. The zero-order valence-corrected chi connectivity index (χ0v) is 29.6. The molecule has 3 nitrogen and oxygen atoms in total. The van der Waals surface area contributed by atoms with Gasteiger partial charge in [-0.2, -0.15) is 0 Å². The van der Waals surface area contributed by atoms with Crippen molar-refractivity contribution in [3.63, 3.8) is 0 Å². The Morgan fingerprint density at radius 1 is 0.340 bits per heavy atom. The van der Waals surface area contributed by atoms with Crippen LogP contribution in [0.3, 0.4) is 0 Å². The van der Waals surface area contributed by atoms with E-state index in [1.54, 1.807) is 0 Å². The average molecular weight is 678 g/mol. The van der Waals surface area contributed by atoms with Gasteiger partial charge in [-0.3, -0.25) is 0 Å². The standard InChI is InChI=1S/C50H35N3/c1-50(2)45-25-11-10-22-42(45)44-29-28-41-40(23-13-24-43(41)46(44)50)39-21-9-8-20-38(39)35-18-12-19-36(31-35)48-51-47(33-15-4-3-5-16-33)52-49(53-48)37-27-26-32-14-6-7-17-34(32)30-37/h3-31H,1-2H3. The maximum absolute atomic E-state index is 5.10. The van der Waals surface area contributed by atoms with Crippen molar-refractivity contribution in [2.24, 2.45) is 0 Å². The molecule has 0 N–H and O–H groups in total. The molecule has 9 aromatic rings. The summed E-state index contributed by atoms with van der Waals surface area (Å²) in [6, 6.07) is 62.6. The Hall–Kier alpha value is -6.71. The van der Waals surface area contributed by atoms with E-state index in [2.05, 4.69) is 172 Å². The average Bonchev–Trinajstić information content (AvgIpc) is 3.46. The highest BCUT2D eigenvalue weighted by Crippen LogP contribution is 2.52. The molecule has 0 spiro atoms. The highest BCUT2D eigenvalue weighted by molar-refractivity contribution is 6.06. The molecule has 0 saturated heterocycles. The first kappa shape index (κ1) is 31.1. The van der Waals surface area contributed by atoms with Gasteiger partial charge in [-0.1, -0.05) is 178 Å². The molecule has 8 aromatic carbocycles. The second-order valence-electron chi connectivity index (χ2n) is 14.4. The largest absolute Gasteiger partial charge is 0.208 e. The van der Waals surface area contributed by atoms with Crippen molar-refractivity contribution in [3.8, 4) is 67.5 Å². The second kappa shape index (κ2) is 12.2. The third kappa shape index (κ3) is 5.16. The highest BCUT2D eigenvalue weighted by atomic mass is 15.0. The topological polar surface area (TPSA) is 38.7 Å². The maximum Gasteiger partial charge on any atom is 0.164 e.